The Kier molecular flexibility index (Phi) is 5.44. The fraction of sp³-hybridized carbons (Fsp3) is 0.462. The fourth-order valence-electron chi connectivity index (χ4n) is 1.92. The molecule has 0 atom stereocenters. The van der Waals surface area contributed by atoms with Crippen molar-refractivity contribution in [2.24, 2.45) is 0 Å². The van der Waals surface area contributed by atoms with Crippen LogP contribution >= 0.6 is 11.6 Å². The van der Waals surface area contributed by atoms with Crippen LogP contribution in [0.25, 0.3) is 0 Å². The van der Waals surface area contributed by atoms with Crippen molar-refractivity contribution in [2.75, 3.05) is 44.6 Å². The van der Waals surface area contributed by atoms with Gasteiger partial charge >= 0.3 is 6.09 Å². The van der Waals surface area contributed by atoms with Crippen LogP contribution in [0.4, 0.5) is 10.5 Å². The number of nitrogens with zero attached hydrogens (tertiary/aromatic N) is 1. The van der Waals surface area contributed by atoms with Gasteiger partial charge in [-0.3, -0.25) is 10.2 Å². The molecule has 1 fully saturated rings. The van der Waals surface area contributed by atoms with E-state index in [0.717, 1.165) is 32.7 Å². The molecule has 2 rings (SSSR count). The molecule has 0 radical (unpaired) electrons. The number of benzene rings is 1. The summed E-state index contributed by atoms with van der Waals surface area (Å²) < 4.78 is 5.13. The summed E-state index contributed by atoms with van der Waals surface area (Å²) >= 11 is 5.83. The van der Waals surface area contributed by atoms with Crippen LogP contribution < -0.4 is 10.6 Å². The van der Waals surface area contributed by atoms with Crippen LogP contribution in [0, 0.1) is 0 Å². The van der Waals surface area contributed by atoms with Gasteiger partial charge in [-0.2, -0.15) is 0 Å². The number of rotatable bonds is 4. The number of carbonyl (C=O) groups excluding carboxylic acids is 1. The number of nitrogens with one attached hydrogen (secondary N) is 2. The smallest absolute Gasteiger partial charge is 0.411 e. The quantitative estimate of drug-likeness (QED) is 0.885. The highest BCUT2D eigenvalue weighted by atomic mass is 35.5. The zero-order valence-electron chi connectivity index (χ0n) is 10.7. The van der Waals surface area contributed by atoms with E-state index in [0.29, 0.717) is 17.3 Å². The van der Waals surface area contributed by atoms with Gasteiger partial charge in [0.05, 0.1) is 0 Å². The van der Waals surface area contributed by atoms with Crippen LogP contribution in [0.1, 0.15) is 0 Å². The lowest BCUT2D eigenvalue weighted by Crippen LogP contribution is -2.44. The summed E-state index contributed by atoms with van der Waals surface area (Å²) in [5, 5.41) is 6.50. The molecule has 5 nitrogen and oxygen atoms in total. The maximum Gasteiger partial charge on any atom is 0.411 e. The van der Waals surface area contributed by atoms with E-state index >= 15 is 0 Å². The van der Waals surface area contributed by atoms with Crippen LogP contribution in [0.15, 0.2) is 24.3 Å². The molecule has 1 aromatic carbocycles. The first-order chi connectivity index (χ1) is 9.24. The summed E-state index contributed by atoms with van der Waals surface area (Å²) in [5.74, 6) is 0. The highest BCUT2D eigenvalue weighted by molar-refractivity contribution is 6.30. The van der Waals surface area contributed by atoms with Crippen molar-refractivity contribution in [1.29, 1.82) is 0 Å². The Morgan fingerprint density at radius 3 is 2.95 bits per heavy atom. The Bertz CT molecular complexity index is 422. The molecule has 0 aliphatic carbocycles. The average Bonchev–Trinajstić information content (AvgIpc) is 2.40. The maximum absolute atomic E-state index is 11.6. The van der Waals surface area contributed by atoms with Crippen molar-refractivity contribution >= 4 is 23.4 Å². The van der Waals surface area contributed by atoms with Crippen LogP contribution in [-0.4, -0.2) is 50.3 Å². The average molecular weight is 284 g/mol. The molecule has 0 spiro atoms. The largest absolute Gasteiger partial charge is 0.448 e. The molecule has 2 N–H and O–H groups in total. The molecule has 0 unspecified atom stereocenters. The number of ether oxygens (including phenoxy) is 1. The molecule has 104 valence electrons. The van der Waals surface area contributed by atoms with Crippen LogP contribution in [0.2, 0.25) is 5.02 Å². The van der Waals surface area contributed by atoms with Gasteiger partial charge in [0.25, 0.3) is 0 Å². The molecule has 0 aromatic heterocycles. The SMILES string of the molecule is O=C(Nc1cccc(Cl)c1)OCCN1CCNCC1. The summed E-state index contributed by atoms with van der Waals surface area (Å²) in [6.07, 6.45) is -0.447. The predicted molar refractivity (Wildman–Crippen MR) is 75.7 cm³/mol. The van der Waals surface area contributed by atoms with Gasteiger partial charge in [0.2, 0.25) is 0 Å². The van der Waals surface area contributed by atoms with Gasteiger partial charge in [-0.05, 0) is 18.2 Å². The minimum Gasteiger partial charge on any atom is -0.448 e. The second-order valence-electron chi connectivity index (χ2n) is 4.36. The lowest BCUT2D eigenvalue weighted by atomic mass is 10.3. The second kappa shape index (κ2) is 7.33. The molecule has 1 aliphatic heterocycles. The summed E-state index contributed by atoms with van der Waals surface area (Å²) in [4.78, 5) is 13.8. The predicted octanol–water partition coefficient (Wildman–Crippen LogP) is 1.79. The van der Waals surface area contributed by atoms with Gasteiger partial charge < -0.3 is 10.1 Å². The molecular weight excluding hydrogens is 266 g/mol. The number of hydrogen-bond acceptors (Lipinski definition) is 4. The topological polar surface area (TPSA) is 53.6 Å². The van der Waals surface area contributed by atoms with Gasteiger partial charge in [0.15, 0.2) is 0 Å². The normalized spacial score (nSPS) is 16.1. The Labute approximate surface area is 117 Å². The number of hydrogen-bond donors (Lipinski definition) is 2. The van der Waals surface area contributed by atoms with E-state index in [1.54, 1.807) is 24.3 Å². The molecule has 1 heterocycles. The standard InChI is InChI=1S/C13H18ClN3O2/c14-11-2-1-3-12(10-11)16-13(18)19-9-8-17-6-4-15-5-7-17/h1-3,10,15H,4-9H2,(H,16,18). The van der Waals surface area contributed by atoms with E-state index < -0.39 is 6.09 Å². The molecule has 1 amide bonds. The molecule has 1 aliphatic rings. The number of halogens is 1. The second-order valence-corrected chi connectivity index (χ2v) is 4.80. The minimum atomic E-state index is -0.447. The van der Waals surface area contributed by atoms with Crippen LogP contribution in [-0.2, 0) is 4.74 Å². The molecular formula is C13H18ClN3O2. The summed E-state index contributed by atoms with van der Waals surface area (Å²) in [6.45, 7) is 5.15. The highest BCUT2D eigenvalue weighted by Gasteiger charge is 2.10. The van der Waals surface area contributed by atoms with E-state index in [-0.39, 0.29) is 0 Å². The van der Waals surface area contributed by atoms with Crippen molar-refractivity contribution in [3.8, 4) is 0 Å². The summed E-state index contributed by atoms with van der Waals surface area (Å²) in [7, 11) is 0. The van der Waals surface area contributed by atoms with Crippen molar-refractivity contribution in [1.82, 2.24) is 10.2 Å². The zero-order valence-corrected chi connectivity index (χ0v) is 11.4. The third-order valence-corrected chi connectivity index (χ3v) is 3.16. The third-order valence-electron chi connectivity index (χ3n) is 2.92. The maximum atomic E-state index is 11.6. The third kappa shape index (κ3) is 5.06. The first-order valence-corrected chi connectivity index (χ1v) is 6.74. The van der Waals surface area contributed by atoms with E-state index in [1.165, 1.54) is 0 Å². The Morgan fingerprint density at radius 1 is 1.42 bits per heavy atom. The van der Waals surface area contributed by atoms with Crippen LogP contribution in [0.3, 0.4) is 0 Å². The van der Waals surface area contributed by atoms with Crippen molar-refractivity contribution in [3.63, 3.8) is 0 Å². The molecule has 19 heavy (non-hydrogen) atoms. The lowest BCUT2D eigenvalue weighted by Gasteiger charge is -2.26. The molecule has 0 saturated carbocycles. The number of piperazine rings is 1. The van der Waals surface area contributed by atoms with Crippen molar-refractivity contribution in [2.45, 2.75) is 0 Å². The first kappa shape index (κ1) is 14.1. The van der Waals surface area contributed by atoms with E-state index in [9.17, 15) is 4.79 Å². The van der Waals surface area contributed by atoms with Gasteiger partial charge in [0, 0.05) is 43.4 Å². The molecule has 1 saturated heterocycles. The van der Waals surface area contributed by atoms with Gasteiger partial charge in [0.1, 0.15) is 6.61 Å². The van der Waals surface area contributed by atoms with Crippen LogP contribution in [0.5, 0.6) is 0 Å². The van der Waals surface area contributed by atoms with Gasteiger partial charge in [-0.25, -0.2) is 4.79 Å². The van der Waals surface area contributed by atoms with Gasteiger partial charge in [-0.1, -0.05) is 17.7 Å². The lowest BCUT2D eigenvalue weighted by molar-refractivity contribution is 0.134. The number of carbonyl (C=O) groups is 1. The summed E-state index contributed by atoms with van der Waals surface area (Å²) in [5.41, 5.74) is 0.639. The van der Waals surface area contributed by atoms with Gasteiger partial charge in [-0.15, -0.1) is 0 Å². The summed E-state index contributed by atoms with van der Waals surface area (Å²) in [6, 6.07) is 6.98. The van der Waals surface area contributed by atoms with Crippen molar-refractivity contribution in [3.05, 3.63) is 29.3 Å². The number of amides is 1. The minimum absolute atomic E-state index is 0.395. The Hall–Kier alpha value is -1.30. The molecule has 6 heteroatoms. The first-order valence-electron chi connectivity index (χ1n) is 6.36. The Morgan fingerprint density at radius 2 is 2.21 bits per heavy atom. The van der Waals surface area contributed by atoms with E-state index in [2.05, 4.69) is 15.5 Å². The Balaban J connectivity index is 1.67. The molecule has 1 aromatic rings. The zero-order chi connectivity index (χ0) is 13.5. The fourth-order valence-corrected chi connectivity index (χ4v) is 2.11. The van der Waals surface area contributed by atoms with Crippen molar-refractivity contribution < 1.29 is 9.53 Å². The monoisotopic (exact) mass is 283 g/mol. The number of anilines is 1. The highest BCUT2D eigenvalue weighted by Crippen LogP contribution is 2.14. The van der Waals surface area contributed by atoms with E-state index in [1.807, 2.05) is 0 Å². The van der Waals surface area contributed by atoms with E-state index in [4.69, 9.17) is 16.3 Å². The molecule has 0 bridgehead atoms.